The van der Waals surface area contributed by atoms with E-state index in [4.69, 9.17) is 23.2 Å². The number of rotatable bonds is 8. The lowest BCUT2D eigenvalue weighted by atomic mass is 9.86. The van der Waals surface area contributed by atoms with Crippen molar-refractivity contribution >= 4 is 35.0 Å². The highest BCUT2D eigenvalue weighted by atomic mass is 35.5. The Labute approximate surface area is 220 Å². The fourth-order valence-electron chi connectivity index (χ4n) is 4.55. The van der Waals surface area contributed by atoms with Gasteiger partial charge in [-0.25, -0.2) is 0 Å². The van der Waals surface area contributed by atoms with Crippen molar-refractivity contribution in [2.75, 3.05) is 0 Å². The van der Waals surface area contributed by atoms with Crippen molar-refractivity contribution in [2.24, 2.45) is 0 Å². The van der Waals surface area contributed by atoms with Gasteiger partial charge in [0.05, 0.1) is 10.0 Å². The smallest absolute Gasteiger partial charge is 0.242 e. The van der Waals surface area contributed by atoms with Gasteiger partial charge in [0.25, 0.3) is 0 Å². The van der Waals surface area contributed by atoms with E-state index >= 15 is 0 Å². The van der Waals surface area contributed by atoms with Crippen LogP contribution in [0.25, 0.3) is 0 Å². The van der Waals surface area contributed by atoms with Gasteiger partial charge in [0.1, 0.15) is 6.04 Å². The zero-order valence-corrected chi connectivity index (χ0v) is 22.9. The number of amides is 2. The first-order valence-corrected chi connectivity index (χ1v) is 13.4. The van der Waals surface area contributed by atoms with Gasteiger partial charge in [-0.2, -0.15) is 0 Å². The molecule has 1 aliphatic rings. The molecule has 0 aliphatic heterocycles. The molecule has 2 aromatic rings. The number of halogens is 2. The Morgan fingerprint density at radius 2 is 1.60 bits per heavy atom. The molecule has 190 valence electrons. The number of carbonyl (C=O) groups is 2. The number of aryl methyl sites for hydroxylation is 1. The van der Waals surface area contributed by atoms with Crippen LogP contribution in [-0.4, -0.2) is 28.8 Å². The third-order valence-corrected chi connectivity index (χ3v) is 7.64. The van der Waals surface area contributed by atoms with Gasteiger partial charge in [-0.05, 0) is 60.4 Å². The van der Waals surface area contributed by atoms with E-state index in [1.165, 1.54) is 12.0 Å². The fraction of sp³-hybridized carbons (Fsp3) is 0.517. The van der Waals surface area contributed by atoms with E-state index in [1.807, 2.05) is 13.0 Å². The van der Waals surface area contributed by atoms with Crippen LogP contribution in [0.3, 0.4) is 0 Å². The van der Waals surface area contributed by atoms with E-state index in [1.54, 1.807) is 17.0 Å². The summed E-state index contributed by atoms with van der Waals surface area (Å²) in [5.74, 6) is -0.151. The van der Waals surface area contributed by atoms with Gasteiger partial charge in [-0.3, -0.25) is 9.59 Å². The summed E-state index contributed by atoms with van der Waals surface area (Å²) in [5.41, 5.74) is 3.31. The first kappa shape index (κ1) is 27.5. The largest absolute Gasteiger partial charge is 0.352 e. The van der Waals surface area contributed by atoms with E-state index in [0.717, 1.165) is 36.8 Å². The normalized spacial score (nSPS) is 15.5. The van der Waals surface area contributed by atoms with E-state index in [9.17, 15) is 9.59 Å². The Morgan fingerprint density at radius 1 is 0.971 bits per heavy atom. The second kappa shape index (κ2) is 12.3. The molecular weight excluding hydrogens is 479 g/mol. The van der Waals surface area contributed by atoms with E-state index < -0.39 is 6.04 Å². The van der Waals surface area contributed by atoms with Crippen molar-refractivity contribution in [3.8, 4) is 0 Å². The molecule has 0 radical (unpaired) electrons. The standard InChI is InChI=1S/C29H38Cl2N2O2/c1-20(28(35)32-24-8-6-5-7-9-24)33(19-22-12-16-25(30)26(31)18-22)27(34)17-13-21-10-14-23(15-11-21)29(2,3)4/h10-12,14-16,18,20,24H,5-9,13,17,19H2,1-4H3,(H,32,35)/t20-/m0/s1. The molecule has 6 heteroatoms. The second-order valence-electron chi connectivity index (χ2n) is 10.7. The van der Waals surface area contributed by atoms with Crippen LogP contribution in [0, 0.1) is 0 Å². The Kier molecular flexibility index (Phi) is 9.66. The van der Waals surface area contributed by atoms with E-state index in [2.05, 4.69) is 50.4 Å². The summed E-state index contributed by atoms with van der Waals surface area (Å²) >= 11 is 12.3. The Balaban J connectivity index is 1.72. The highest BCUT2D eigenvalue weighted by Gasteiger charge is 2.28. The summed E-state index contributed by atoms with van der Waals surface area (Å²) in [6, 6.07) is 13.4. The minimum absolute atomic E-state index is 0.0535. The van der Waals surface area contributed by atoms with Crippen LogP contribution in [0.1, 0.15) is 82.9 Å². The van der Waals surface area contributed by atoms with Crippen LogP contribution >= 0.6 is 23.2 Å². The number of carbonyl (C=O) groups excluding carboxylic acids is 2. The van der Waals surface area contributed by atoms with Crippen LogP contribution < -0.4 is 5.32 Å². The molecule has 0 unspecified atom stereocenters. The van der Waals surface area contributed by atoms with Crippen LogP contribution in [0.2, 0.25) is 10.0 Å². The lowest BCUT2D eigenvalue weighted by Gasteiger charge is -2.31. The summed E-state index contributed by atoms with van der Waals surface area (Å²) in [4.78, 5) is 28.2. The molecule has 1 fully saturated rings. The second-order valence-corrected chi connectivity index (χ2v) is 11.6. The van der Waals surface area contributed by atoms with Crippen LogP contribution in [-0.2, 0) is 28.0 Å². The zero-order valence-electron chi connectivity index (χ0n) is 21.4. The first-order valence-electron chi connectivity index (χ1n) is 12.7. The van der Waals surface area contributed by atoms with Crippen LogP contribution in [0.5, 0.6) is 0 Å². The van der Waals surface area contributed by atoms with E-state index in [0.29, 0.717) is 29.4 Å². The van der Waals surface area contributed by atoms with Crippen molar-refractivity contribution in [1.82, 2.24) is 10.2 Å². The van der Waals surface area contributed by atoms with Gasteiger partial charge in [0, 0.05) is 19.0 Å². The molecule has 0 heterocycles. The summed E-state index contributed by atoms with van der Waals surface area (Å²) in [5, 5.41) is 4.08. The van der Waals surface area contributed by atoms with Crippen molar-refractivity contribution in [1.29, 1.82) is 0 Å². The molecular formula is C29H38Cl2N2O2. The average Bonchev–Trinajstić information content (AvgIpc) is 2.83. The minimum Gasteiger partial charge on any atom is -0.352 e. The van der Waals surface area contributed by atoms with Gasteiger partial charge >= 0.3 is 0 Å². The number of hydrogen-bond acceptors (Lipinski definition) is 2. The molecule has 35 heavy (non-hydrogen) atoms. The molecule has 1 saturated carbocycles. The fourth-order valence-corrected chi connectivity index (χ4v) is 4.87. The van der Waals surface area contributed by atoms with Gasteiger partial charge in [0.15, 0.2) is 0 Å². The highest BCUT2D eigenvalue weighted by Crippen LogP contribution is 2.25. The van der Waals surface area contributed by atoms with E-state index in [-0.39, 0.29) is 23.3 Å². The molecule has 3 rings (SSSR count). The Hall–Kier alpha value is -2.04. The quantitative estimate of drug-likeness (QED) is 0.407. The molecule has 0 spiro atoms. The Morgan fingerprint density at radius 3 is 2.20 bits per heavy atom. The maximum Gasteiger partial charge on any atom is 0.242 e. The van der Waals surface area contributed by atoms with Gasteiger partial charge in [-0.15, -0.1) is 0 Å². The maximum atomic E-state index is 13.4. The zero-order chi connectivity index (χ0) is 25.6. The molecule has 1 atom stereocenters. The van der Waals surface area contributed by atoms with Gasteiger partial charge in [-0.1, -0.05) is 93.6 Å². The van der Waals surface area contributed by atoms with Crippen molar-refractivity contribution in [3.63, 3.8) is 0 Å². The van der Waals surface area contributed by atoms with Crippen LogP contribution in [0.4, 0.5) is 0 Å². The predicted molar refractivity (Wildman–Crippen MR) is 145 cm³/mol. The summed E-state index contributed by atoms with van der Waals surface area (Å²) in [7, 11) is 0. The SMILES string of the molecule is C[C@@H](C(=O)NC1CCCCC1)N(Cc1ccc(Cl)c(Cl)c1)C(=O)CCc1ccc(C(C)(C)C)cc1. The number of nitrogens with zero attached hydrogens (tertiary/aromatic N) is 1. The summed E-state index contributed by atoms with van der Waals surface area (Å²) in [6.45, 7) is 8.67. The molecule has 2 aromatic carbocycles. The molecule has 2 amide bonds. The molecule has 0 saturated heterocycles. The lowest BCUT2D eigenvalue weighted by molar-refractivity contribution is -0.141. The van der Waals surface area contributed by atoms with Crippen molar-refractivity contribution in [2.45, 2.75) is 96.7 Å². The third-order valence-electron chi connectivity index (χ3n) is 6.90. The molecule has 0 aromatic heterocycles. The lowest BCUT2D eigenvalue weighted by Crippen LogP contribution is -2.50. The monoisotopic (exact) mass is 516 g/mol. The minimum atomic E-state index is -0.581. The predicted octanol–water partition coefficient (Wildman–Crippen LogP) is 7.09. The number of nitrogens with one attached hydrogen (secondary N) is 1. The Bertz CT molecular complexity index is 1010. The number of benzene rings is 2. The molecule has 4 nitrogen and oxygen atoms in total. The van der Waals surface area contributed by atoms with Crippen molar-refractivity contribution < 1.29 is 9.59 Å². The molecule has 1 aliphatic carbocycles. The molecule has 1 N–H and O–H groups in total. The topological polar surface area (TPSA) is 49.4 Å². The summed E-state index contributed by atoms with van der Waals surface area (Å²) < 4.78 is 0. The first-order chi connectivity index (χ1) is 16.5. The molecule has 0 bridgehead atoms. The highest BCUT2D eigenvalue weighted by molar-refractivity contribution is 6.42. The summed E-state index contributed by atoms with van der Waals surface area (Å²) in [6.07, 6.45) is 6.46. The third kappa shape index (κ3) is 7.98. The van der Waals surface area contributed by atoms with Gasteiger partial charge in [0.2, 0.25) is 11.8 Å². The van der Waals surface area contributed by atoms with Gasteiger partial charge < -0.3 is 10.2 Å². The average molecular weight is 518 g/mol. The van der Waals surface area contributed by atoms with Crippen LogP contribution in [0.15, 0.2) is 42.5 Å². The maximum absolute atomic E-state index is 13.4. The van der Waals surface area contributed by atoms with Crippen molar-refractivity contribution in [3.05, 3.63) is 69.2 Å². The number of hydrogen-bond donors (Lipinski definition) is 1.